The number of aliphatic imine (C=N–C) groups is 1. The zero-order valence-electron chi connectivity index (χ0n) is 17.3. The number of pyridine rings is 1. The molecule has 3 aromatic rings. The molecule has 0 unspecified atom stereocenters. The lowest BCUT2D eigenvalue weighted by Gasteiger charge is -2.22. The Hall–Kier alpha value is -3.09. The zero-order chi connectivity index (χ0) is 20.1. The molecule has 7 heteroatoms. The first-order valence-corrected chi connectivity index (χ1v) is 9.56. The lowest BCUT2D eigenvalue weighted by atomic mass is 10.3. The first-order chi connectivity index (χ1) is 13.5. The topological polar surface area (TPSA) is 63.3 Å². The van der Waals surface area contributed by atoms with E-state index in [9.17, 15) is 0 Å². The fraction of sp³-hybridized carbons (Fsp3) is 0.381. The average Bonchev–Trinajstić information content (AvgIpc) is 3.23. The van der Waals surface area contributed by atoms with E-state index >= 15 is 0 Å². The van der Waals surface area contributed by atoms with Crippen molar-refractivity contribution < 1.29 is 0 Å². The van der Waals surface area contributed by atoms with E-state index in [1.54, 1.807) is 0 Å². The lowest BCUT2D eigenvalue weighted by Crippen LogP contribution is -2.38. The molecule has 0 atom stereocenters. The van der Waals surface area contributed by atoms with E-state index in [1.807, 2.05) is 36.9 Å². The van der Waals surface area contributed by atoms with E-state index in [4.69, 9.17) is 4.99 Å². The minimum Gasteiger partial charge on any atom is -0.357 e. The van der Waals surface area contributed by atoms with Crippen LogP contribution in [0.2, 0.25) is 0 Å². The van der Waals surface area contributed by atoms with Crippen LogP contribution in [0.15, 0.2) is 47.7 Å². The van der Waals surface area contributed by atoms with E-state index in [-0.39, 0.29) is 0 Å². The Morgan fingerprint density at radius 1 is 1.25 bits per heavy atom. The molecule has 0 fully saturated rings. The highest BCUT2D eigenvalue weighted by Crippen LogP contribution is 2.11. The second-order valence-electron chi connectivity index (χ2n) is 7.00. The molecule has 3 aromatic heterocycles. The highest BCUT2D eigenvalue weighted by atomic mass is 15.3. The molecular weight excluding hydrogens is 350 g/mol. The largest absolute Gasteiger partial charge is 0.357 e. The van der Waals surface area contributed by atoms with Crippen molar-refractivity contribution in [3.63, 3.8) is 0 Å². The summed E-state index contributed by atoms with van der Waals surface area (Å²) < 4.78 is 3.99. The van der Waals surface area contributed by atoms with Gasteiger partial charge in [0.05, 0.1) is 18.8 Å². The van der Waals surface area contributed by atoms with E-state index in [0.29, 0.717) is 6.54 Å². The molecule has 0 spiro atoms. The quantitative estimate of drug-likeness (QED) is 0.528. The standard InChI is InChI=1S/C21H29N7/c1-6-22-21(27(5)15-19-8-7-11-26(19)4)24-14-18-9-10-20(23-13-18)28-17(3)12-16(2)25-28/h7-13H,6,14-15H2,1-5H3,(H,22,24). The fourth-order valence-electron chi connectivity index (χ4n) is 3.11. The van der Waals surface area contributed by atoms with Gasteiger partial charge in [0.2, 0.25) is 0 Å². The number of nitrogens with one attached hydrogen (secondary N) is 1. The number of hydrogen-bond donors (Lipinski definition) is 1. The summed E-state index contributed by atoms with van der Waals surface area (Å²) in [6, 6.07) is 10.3. The number of nitrogens with zero attached hydrogens (tertiary/aromatic N) is 6. The van der Waals surface area contributed by atoms with Gasteiger partial charge in [-0.05, 0) is 50.6 Å². The van der Waals surface area contributed by atoms with Gasteiger partial charge in [-0.15, -0.1) is 0 Å². The molecule has 0 aliphatic rings. The van der Waals surface area contributed by atoms with Crippen LogP contribution in [0.4, 0.5) is 0 Å². The van der Waals surface area contributed by atoms with E-state index < -0.39 is 0 Å². The van der Waals surface area contributed by atoms with Crippen LogP contribution in [-0.4, -0.2) is 43.8 Å². The van der Waals surface area contributed by atoms with Gasteiger partial charge < -0.3 is 14.8 Å². The minimum absolute atomic E-state index is 0.574. The normalized spacial score (nSPS) is 11.7. The Morgan fingerprint density at radius 3 is 2.64 bits per heavy atom. The maximum atomic E-state index is 4.78. The summed E-state index contributed by atoms with van der Waals surface area (Å²) in [5.41, 5.74) is 4.37. The van der Waals surface area contributed by atoms with Crippen molar-refractivity contribution in [2.24, 2.45) is 12.0 Å². The predicted molar refractivity (Wildman–Crippen MR) is 113 cm³/mol. The lowest BCUT2D eigenvalue weighted by molar-refractivity contribution is 0.462. The van der Waals surface area contributed by atoms with Gasteiger partial charge in [0.25, 0.3) is 0 Å². The molecule has 1 N–H and O–H groups in total. The van der Waals surface area contributed by atoms with Gasteiger partial charge in [-0.1, -0.05) is 6.07 Å². The van der Waals surface area contributed by atoms with Crippen LogP contribution in [0.1, 0.15) is 29.6 Å². The molecule has 3 heterocycles. The fourth-order valence-corrected chi connectivity index (χ4v) is 3.11. The van der Waals surface area contributed by atoms with E-state index in [2.05, 4.69) is 70.3 Å². The molecular formula is C21H29N7. The third-order valence-electron chi connectivity index (χ3n) is 4.59. The number of guanidine groups is 1. The summed E-state index contributed by atoms with van der Waals surface area (Å²) >= 11 is 0. The van der Waals surface area contributed by atoms with Crippen molar-refractivity contribution in [1.82, 2.24) is 29.5 Å². The molecule has 0 bridgehead atoms. The van der Waals surface area contributed by atoms with Crippen LogP contribution in [-0.2, 0) is 20.1 Å². The maximum absolute atomic E-state index is 4.78. The SMILES string of the molecule is CCNC(=NCc1ccc(-n2nc(C)cc2C)nc1)N(C)Cc1cccn1C. The summed E-state index contributed by atoms with van der Waals surface area (Å²) in [7, 11) is 4.11. The molecule has 0 saturated heterocycles. The predicted octanol–water partition coefficient (Wildman–Crippen LogP) is 2.82. The molecule has 0 amide bonds. The number of rotatable bonds is 6. The summed E-state index contributed by atoms with van der Waals surface area (Å²) in [4.78, 5) is 11.5. The van der Waals surface area contributed by atoms with Gasteiger partial charge in [0.1, 0.15) is 0 Å². The maximum Gasteiger partial charge on any atom is 0.194 e. The van der Waals surface area contributed by atoms with E-state index in [1.165, 1.54) is 5.69 Å². The highest BCUT2D eigenvalue weighted by molar-refractivity contribution is 5.79. The highest BCUT2D eigenvalue weighted by Gasteiger charge is 2.09. The molecule has 0 aliphatic carbocycles. The molecule has 0 radical (unpaired) electrons. The van der Waals surface area contributed by atoms with Crippen molar-refractivity contribution >= 4 is 5.96 Å². The summed E-state index contributed by atoms with van der Waals surface area (Å²) in [5, 5.41) is 7.85. The Labute approximate surface area is 166 Å². The van der Waals surface area contributed by atoms with E-state index in [0.717, 1.165) is 41.8 Å². The second-order valence-corrected chi connectivity index (χ2v) is 7.00. The third-order valence-corrected chi connectivity index (χ3v) is 4.59. The van der Waals surface area contributed by atoms with Gasteiger partial charge in [-0.2, -0.15) is 5.10 Å². The van der Waals surface area contributed by atoms with Crippen LogP contribution in [0.5, 0.6) is 0 Å². The molecule has 3 rings (SSSR count). The van der Waals surface area contributed by atoms with Crippen LogP contribution in [0.25, 0.3) is 5.82 Å². The van der Waals surface area contributed by atoms with Crippen LogP contribution in [0.3, 0.4) is 0 Å². The number of hydrogen-bond acceptors (Lipinski definition) is 3. The average molecular weight is 380 g/mol. The zero-order valence-corrected chi connectivity index (χ0v) is 17.3. The smallest absolute Gasteiger partial charge is 0.194 e. The molecule has 0 saturated carbocycles. The Morgan fingerprint density at radius 2 is 2.07 bits per heavy atom. The third kappa shape index (κ3) is 4.60. The van der Waals surface area contributed by atoms with Gasteiger partial charge in [-0.3, -0.25) is 0 Å². The molecule has 0 aromatic carbocycles. The Balaban J connectivity index is 1.70. The van der Waals surface area contributed by atoms with Crippen LogP contribution < -0.4 is 5.32 Å². The molecule has 28 heavy (non-hydrogen) atoms. The van der Waals surface area contributed by atoms with Crippen molar-refractivity contribution in [3.8, 4) is 5.82 Å². The van der Waals surface area contributed by atoms with Crippen molar-refractivity contribution in [2.75, 3.05) is 13.6 Å². The summed E-state index contributed by atoms with van der Waals surface area (Å²) in [5.74, 6) is 1.71. The van der Waals surface area contributed by atoms with Crippen molar-refractivity contribution in [2.45, 2.75) is 33.9 Å². The molecule has 0 aliphatic heterocycles. The van der Waals surface area contributed by atoms with Gasteiger partial charge >= 0.3 is 0 Å². The molecule has 7 nitrogen and oxygen atoms in total. The summed E-state index contributed by atoms with van der Waals surface area (Å²) in [6.45, 7) is 8.29. The van der Waals surface area contributed by atoms with Crippen LogP contribution >= 0.6 is 0 Å². The van der Waals surface area contributed by atoms with Crippen molar-refractivity contribution in [3.05, 3.63) is 65.4 Å². The second kappa shape index (κ2) is 8.73. The monoisotopic (exact) mass is 379 g/mol. The van der Waals surface area contributed by atoms with Gasteiger partial charge in [0, 0.05) is 44.4 Å². The van der Waals surface area contributed by atoms with Crippen LogP contribution in [0, 0.1) is 13.8 Å². The number of aryl methyl sites for hydroxylation is 3. The van der Waals surface area contributed by atoms with Crippen molar-refractivity contribution in [1.29, 1.82) is 0 Å². The Bertz CT molecular complexity index is 934. The minimum atomic E-state index is 0.574. The molecule has 148 valence electrons. The first kappa shape index (κ1) is 19.7. The summed E-state index contributed by atoms with van der Waals surface area (Å²) in [6.07, 6.45) is 3.93. The van der Waals surface area contributed by atoms with Gasteiger partial charge in [0.15, 0.2) is 11.8 Å². The van der Waals surface area contributed by atoms with Gasteiger partial charge in [-0.25, -0.2) is 14.7 Å². The first-order valence-electron chi connectivity index (χ1n) is 9.56. The number of aromatic nitrogens is 4. The Kier molecular flexibility index (Phi) is 6.13.